The van der Waals surface area contributed by atoms with E-state index in [9.17, 15) is 14.0 Å². The summed E-state index contributed by atoms with van der Waals surface area (Å²) in [5, 5.41) is 3.16. The van der Waals surface area contributed by atoms with Crippen molar-refractivity contribution in [3.8, 4) is 0 Å². The van der Waals surface area contributed by atoms with Gasteiger partial charge in [0.2, 0.25) is 5.91 Å². The summed E-state index contributed by atoms with van der Waals surface area (Å²) in [7, 11) is 0. The van der Waals surface area contributed by atoms with E-state index in [1.54, 1.807) is 18.5 Å². The molecule has 1 N–H and O–H groups in total. The smallest absolute Gasteiger partial charge is 0.253 e. The van der Waals surface area contributed by atoms with E-state index in [2.05, 4.69) is 10.3 Å². The molecule has 0 saturated heterocycles. The van der Waals surface area contributed by atoms with Crippen LogP contribution in [0.25, 0.3) is 10.9 Å². The van der Waals surface area contributed by atoms with Crippen molar-refractivity contribution in [1.82, 2.24) is 14.9 Å². The lowest BCUT2D eigenvalue weighted by atomic mass is 10.1. The van der Waals surface area contributed by atoms with Crippen molar-refractivity contribution in [2.75, 3.05) is 0 Å². The molecule has 6 heteroatoms. The van der Waals surface area contributed by atoms with Crippen LogP contribution in [0.15, 0.2) is 48.9 Å². The van der Waals surface area contributed by atoms with Crippen LogP contribution < -0.4 is 5.32 Å². The van der Waals surface area contributed by atoms with Gasteiger partial charge in [-0.1, -0.05) is 6.07 Å². The van der Waals surface area contributed by atoms with Crippen LogP contribution in [-0.4, -0.2) is 21.4 Å². The summed E-state index contributed by atoms with van der Waals surface area (Å²) >= 11 is 0. The third-order valence-corrected chi connectivity index (χ3v) is 3.53. The molecule has 2 heterocycles. The summed E-state index contributed by atoms with van der Waals surface area (Å²) in [6.45, 7) is 1.69. The van der Waals surface area contributed by atoms with Crippen molar-refractivity contribution in [2.24, 2.45) is 0 Å². The van der Waals surface area contributed by atoms with Gasteiger partial charge < -0.3 is 5.32 Å². The number of fused-ring (bicyclic) bond motifs is 1. The standard InChI is InChI=1S/C17H14FN3O2/c1-11(22)21-10-15(14-7-13(18)4-5-16(14)21)17(23)20-9-12-3-2-6-19-8-12/h2-8,10H,9H2,1H3,(H,20,23). The van der Waals surface area contributed by atoms with Crippen molar-refractivity contribution in [3.63, 3.8) is 0 Å². The van der Waals surface area contributed by atoms with Crippen molar-refractivity contribution in [1.29, 1.82) is 0 Å². The van der Waals surface area contributed by atoms with E-state index in [1.807, 2.05) is 6.07 Å². The van der Waals surface area contributed by atoms with Gasteiger partial charge in [0.15, 0.2) is 0 Å². The molecule has 2 aromatic heterocycles. The van der Waals surface area contributed by atoms with E-state index >= 15 is 0 Å². The number of carbonyl (C=O) groups is 2. The molecule has 0 atom stereocenters. The summed E-state index contributed by atoms with van der Waals surface area (Å²) in [5.74, 6) is -1.07. The quantitative estimate of drug-likeness (QED) is 0.809. The van der Waals surface area contributed by atoms with Crippen LogP contribution in [0.5, 0.6) is 0 Å². The van der Waals surface area contributed by atoms with E-state index in [0.29, 0.717) is 17.4 Å². The minimum Gasteiger partial charge on any atom is -0.348 e. The average Bonchev–Trinajstić information content (AvgIpc) is 2.92. The Labute approximate surface area is 131 Å². The van der Waals surface area contributed by atoms with Crippen LogP contribution in [0.4, 0.5) is 4.39 Å². The fourth-order valence-electron chi connectivity index (χ4n) is 2.42. The summed E-state index contributed by atoms with van der Waals surface area (Å²) < 4.78 is 14.8. The highest BCUT2D eigenvalue weighted by Crippen LogP contribution is 2.22. The number of nitrogens with one attached hydrogen (secondary N) is 1. The predicted octanol–water partition coefficient (Wildman–Crippen LogP) is 2.77. The third-order valence-electron chi connectivity index (χ3n) is 3.53. The predicted molar refractivity (Wildman–Crippen MR) is 83.6 cm³/mol. The fraction of sp³-hybridized carbons (Fsp3) is 0.118. The Kier molecular flexibility index (Phi) is 3.89. The Hall–Kier alpha value is -3.02. The first-order valence-electron chi connectivity index (χ1n) is 7.05. The molecule has 0 bridgehead atoms. The fourth-order valence-corrected chi connectivity index (χ4v) is 2.42. The Morgan fingerprint density at radius 1 is 1.30 bits per heavy atom. The van der Waals surface area contributed by atoms with Gasteiger partial charge in [-0.05, 0) is 29.8 Å². The molecule has 1 amide bonds. The summed E-state index contributed by atoms with van der Waals surface area (Å²) in [4.78, 5) is 28.1. The lowest BCUT2D eigenvalue weighted by Crippen LogP contribution is -2.22. The van der Waals surface area contributed by atoms with Gasteiger partial charge in [0.05, 0.1) is 11.1 Å². The van der Waals surface area contributed by atoms with E-state index in [-0.39, 0.29) is 17.4 Å². The Morgan fingerprint density at radius 2 is 2.13 bits per heavy atom. The molecular formula is C17H14FN3O2. The molecule has 116 valence electrons. The van der Waals surface area contributed by atoms with Gasteiger partial charge in [-0.15, -0.1) is 0 Å². The lowest BCUT2D eigenvalue weighted by molar-refractivity contribution is 0.0941. The van der Waals surface area contributed by atoms with Gasteiger partial charge in [0, 0.05) is 37.4 Å². The maximum absolute atomic E-state index is 13.5. The highest BCUT2D eigenvalue weighted by Gasteiger charge is 2.17. The number of hydrogen-bond donors (Lipinski definition) is 1. The molecule has 0 radical (unpaired) electrons. The Bertz CT molecular complexity index is 887. The maximum atomic E-state index is 13.5. The summed E-state index contributed by atoms with van der Waals surface area (Å²) in [5.41, 5.74) is 1.62. The number of benzene rings is 1. The monoisotopic (exact) mass is 311 g/mol. The molecule has 0 aliphatic heterocycles. The molecule has 3 aromatic rings. The van der Waals surface area contributed by atoms with Crippen LogP contribution in [-0.2, 0) is 6.54 Å². The molecule has 23 heavy (non-hydrogen) atoms. The van der Waals surface area contributed by atoms with Crippen molar-refractivity contribution < 1.29 is 14.0 Å². The first-order valence-corrected chi connectivity index (χ1v) is 7.05. The van der Waals surface area contributed by atoms with Crippen LogP contribution in [0.3, 0.4) is 0 Å². The minimum atomic E-state index is -0.458. The number of nitrogens with zero attached hydrogens (tertiary/aromatic N) is 2. The zero-order valence-electron chi connectivity index (χ0n) is 12.4. The number of aromatic nitrogens is 2. The molecular weight excluding hydrogens is 297 g/mol. The molecule has 0 fully saturated rings. The zero-order valence-corrected chi connectivity index (χ0v) is 12.4. The van der Waals surface area contributed by atoms with Crippen LogP contribution in [0.1, 0.15) is 27.6 Å². The Balaban J connectivity index is 1.93. The number of pyridine rings is 1. The molecule has 1 aromatic carbocycles. The van der Waals surface area contributed by atoms with Gasteiger partial charge in [-0.25, -0.2) is 4.39 Å². The number of carbonyl (C=O) groups excluding carboxylic acids is 2. The summed E-state index contributed by atoms with van der Waals surface area (Å²) in [6.07, 6.45) is 4.73. The zero-order chi connectivity index (χ0) is 16.4. The highest BCUT2D eigenvalue weighted by molar-refractivity contribution is 6.09. The molecule has 0 aliphatic carbocycles. The van der Waals surface area contributed by atoms with Gasteiger partial charge in [-0.2, -0.15) is 0 Å². The highest BCUT2D eigenvalue weighted by atomic mass is 19.1. The van der Waals surface area contributed by atoms with Crippen LogP contribution >= 0.6 is 0 Å². The molecule has 0 spiro atoms. The van der Waals surface area contributed by atoms with Crippen molar-refractivity contribution in [2.45, 2.75) is 13.5 Å². The van der Waals surface area contributed by atoms with E-state index < -0.39 is 5.82 Å². The van der Waals surface area contributed by atoms with Crippen LogP contribution in [0, 0.1) is 5.82 Å². The molecule has 0 unspecified atom stereocenters. The normalized spacial score (nSPS) is 10.7. The van der Waals surface area contributed by atoms with Gasteiger partial charge in [0.25, 0.3) is 5.91 Å². The van der Waals surface area contributed by atoms with Crippen molar-refractivity contribution in [3.05, 3.63) is 65.9 Å². The number of rotatable bonds is 3. The van der Waals surface area contributed by atoms with Gasteiger partial charge in [-0.3, -0.25) is 19.1 Å². The number of hydrogen-bond acceptors (Lipinski definition) is 3. The SMILES string of the molecule is CC(=O)n1cc(C(=O)NCc2cccnc2)c2cc(F)ccc21. The molecule has 0 saturated carbocycles. The second-order valence-electron chi connectivity index (χ2n) is 5.14. The second kappa shape index (κ2) is 6.00. The van der Waals surface area contributed by atoms with Crippen LogP contribution in [0.2, 0.25) is 0 Å². The van der Waals surface area contributed by atoms with Gasteiger partial charge in [0.1, 0.15) is 5.82 Å². The average molecular weight is 311 g/mol. The first kappa shape index (κ1) is 14.9. The largest absolute Gasteiger partial charge is 0.348 e. The van der Waals surface area contributed by atoms with Gasteiger partial charge >= 0.3 is 0 Å². The van der Waals surface area contributed by atoms with E-state index in [1.165, 1.54) is 35.9 Å². The topological polar surface area (TPSA) is 64.0 Å². The van der Waals surface area contributed by atoms with E-state index in [4.69, 9.17) is 0 Å². The minimum absolute atomic E-state index is 0.243. The number of amides is 1. The van der Waals surface area contributed by atoms with Crippen molar-refractivity contribution >= 4 is 22.7 Å². The molecule has 5 nitrogen and oxygen atoms in total. The summed E-state index contributed by atoms with van der Waals surface area (Å²) in [6, 6.07) is 7.63. The van der Waals surface area contributed by atoms with E-state index in [0.717, 1.165) is 5.56 Å². The Morgan fingerprint density at radius 3 is 2.83 bits per heavy atom. The third kappa shape index (κ3) is 2.96. The number of halogens is 1. The molecule has 0 aliphatic rings. The second-order valence-corrected chi connectivity index (χ2v) is 5.14. The molecule has 3 rings (SSSR count). The first-order chi connectivity index (χ1) is 11.1. The lowest BCUT2D eigenvalue weighted by Gasteiger charge is -2.04. The maximum Gasteiger partial charge on any atom is 0.253 e.